The van der Waals surface area contributed by atoms with Gasteiger partial charge in [-0.2, -0.15) is 0 Å². The van der Waals surface area contributed by atoms with Gasteiger partial charge in [-0.3, -0.25) is 4.79 Å². The Morgan fingerprint density at radius 1 is 1.07 bits per heavy atom. The summed E-state index contributed by atoms with van der Waals surface area (Å²) in [6.07, 6.45) is 0.964. The molecule has 0 unspecified atom stereocenters. The standard InChI is InChI=1S/C22H26ClN3O/c1-16-7-8-19(23)15-21(16)25-13-11-24(12-14-25)17(2)22(27)26-10-9-18-5-3-4-6-20(18)26/h3-8,15,17H,9-14H2,1-2H3/p+1/t17-/m0/s1. The molecule has 0 bridgehead atoms. The van der Waals surface area contributed by atoms with Crippen LogP contribution in [0.2, 0.25) is 5.02 Å². The zero-order valence-electron chi connectivity index (χ0n) is 16.0. The number of aryl methyl sites for hydroxylation is 1. The maximum atomic E-state index is 13.1. The van der Waals surface area contributed by atoms with E-state index in [1.165, 1.54) is 21.7 Å². The summed E-state index contributed by atoms with van der Waals surface area (Å²) in [5.74, 6) is 0.252. The fraction of sp³-hybridized carbons (Fsp3) is 0.409. The Balaban J connectivity index is 1.41. The molecule has 4 rings (SSSR count). The molecule has 2 aromatic rings. The molecule has 0 aliphatic carbocycles. The zero-order valence-corrected chi connectivity index (χ0v) is 16.8. The summed E-state index contributed by atoms with van der Waals surface area (Å²) in [6, 6.07) is 14.3. The van der Waals surface area contributed by atoms with Crippen molar-refractivity contribution in [3.63, 3.8) is 0 Å². The molecule has 2 aromatic carbocycles. The lowest BCUT2D eigenvalue weighted by Crippen LogP contribution is -3.19. The van der Waals surface area contributed by atoms with Crippen LogP contribution in [-0.4, -0.2) is 44.7 Å². The molecular formula is C22H27ClN3O+. The Bertz CT molecular complexity index is 845. The van der Waals surface area contributed by atoms with Gasteiger partial charge in [-0.25, -0.2) is 0 Å². The number of anilines is 2. The zero-order chi connectivity index (χ0) is 19.0. The van der Waals surface area contributed by atoms with E-state index in [4.69, 9.17) is 11.6 Å². The number of amides is 1. The van der Waals surface area contributed by atoms with Gasteiger partial charge in [0.05, 0.1) is 26.2 Å². The minimum atomic E-state index is -0.0150. The summed E-state index contributed by atoms with van der Waals surface area (Å²) in [4.78, 5) is 18.9. The molecule has 4 nitrogen and oxygen atoms in total. The number of nitrogens with one attached hydrogen (secondary N) is 1. The molecule has 0 radical (unpaired) electrons. The molecule has 1 N–H and O–H groups in total. The summed E-state index contributed by atoms with van der Waals surface area (Å²) in [5, 5.41) is 0.779. The molecule has 2 aliphatic rings. The van der Waals surface area contributed by atoms with Gasteiger partial charge in [0.15, 0.2) is 6.04 Å². The highest BCUT2D eigenvalue weighted by molar-refractivity contribution is 6.30. The van der Waals surface area contributed by atoms with Crippen LogP contribution < -0.4 is 14.7 Å². The topological polar surface area (TPSA) is 28.0 Å². The highest BCUT2D eigenvalue weighted by Crippen LogP contribution is 2.28. The average Bonchev–Trinajstić information content (AvgIpc) is 3.13. The molecule has 2 aliphatic heterocycles. The van der Waals surface area contributed by atoms with Crippen LogP contribution in [0.15, 0.2) is 42.5 Å². The number of halogens is 1. The van der Waals surface area contributed by atoms with Crippen LogP contribution in [0.1, 0.15) is 18.1 Å². The number of benzene rings is 2. The molecule has 0 aromatic heterocycles. The number of nitrogens with zero attached hydrogens (tertiary/aromatic N) is 2. The van der Waals surface area contributed by atoms with Crippen LogP contribution in [0.5, 0.6) is 0 Å². The van der Waals surface area contributed by atoms with Gasteiger partial charge in [0.2, 0.25) is 0 Å². The van der Waals surface area contributed by atoms with Gasteiger partial charge in [0.1, 0.15) is 0 Å². The second-order valence-corrected chi connectivity index (χ2v) is 8.10. The van der Waals surface area contributed by atoms with Crippen molar-refractivity contribution < 1.29 is 9.69 Å². The summed E-state index contributed by atoms with van der Waals surface area (Å²) >= 11 is 6.19. The number of hydrogen-bond donors (Lipinski definition) is 1. The number of piperazine rings is 1. The Morgan fingerprint density at radius 3 is 2.59 bits per heavy atom. The normalized spacial score (nSPS) is 18.5. The molecule has 0 spiro atoms. The monoisotopic (exact) mass is 384 g/mol. The van der Waals surface area contributed by atoms with Gasteiger partial charge in [0, 0.05) is 22.9 Å². The number of fused-ring (bicyclic) bond motifs is 1. The van der Waals surface area contributed by atoms with Crippen molar-refractivity contribution in [3.05, 3.63) is 58.6 Å². The van der Waals surface area contributed by atoms with Crippen LogP contribution in [0, 0.1) is 6.92 Å². The summed E-state index contributed by atoms with van der Waals surface area (Å²) in [5.41, 5.74) is 4.85. The van der Waals surface area contributed by atoms with Gasteiger partial charge >= 0.3 is 0 Å². The van der Waals surface area contributed by atoms with Crippen molar-refractivity contribution in [1.29, 1.82) is 0 Å². The quantitative estimate of drug-likeness (QED) is 0.879. The molecule has 1 amide bonds. The lowest BCUT2D eigenvalue weighted by molar-refractivity contribution is -0.914. The Morgan fingerprint density at radius 2 is 1.81 bits per heavy atom. The van der Waals surface area contributed by atoms with E-state index in [2.05, 4.69) is 49.1 Å². The number of quaternary nitrogens is 1. The first kappa shape index (κ1) is 18.3. The smallest absolute Gasteiger partial charge is 0.284 e. The average molecular weight is 385 g/mol. The predicted octanol–water partition coefficient (Wildman–Crippen LogP) is 2.33. The number of rotatable bonds is 3. The van der Waals surface area contributed by atoms with Crippen LogP contribution in [0.4, 0.5) is 11.4 Å². The second-order valence-electron chi connectivity index (χ2n) is 7.67. The van der Waals surface area contributed by atoms with E-state index in [1.54, 1.807) is 0 Å². The van der Waals surface area contributed by atoms with Crippen molar-refractivity contribution >= 4 is 28.9 Å². The number of para-hydroxylation sites is 1. The van der Waals surface area contributed by atoms with E-state index in [-0.39, 0.29) is 11.9 Å². The largest absolute Gasteiger partial charge is 0.360 e. The fourth-order valence-electron chi connectivity index (χ4n) is 4.37. The van der Waals surface area contributed by atoms with Crippen molar-refractivity contribution in [3.8, 4) is 0 Å². The van der Waals surface area contributed by atoms with Gasteiger partial charge < -0.3 is 14.7 Å². The van der Waals surface area contributed by atoms with Gasteiger partial charge in [-0.1, -0.05) is 35.9 Å². The van der Waals surface area contributed by atoms with Crippen molar-refractivity contribution in [2.45, 2.75) is 26.3 Å². The SMILES string of the molecule is Cc1ccc(Cl)cc1N1CC[NH+]([C@@H](C)C(=O)N2CCc3ccccc32)CC1. The molecule has 27 heavy (non-hydrogen) atoms. The number of carbonyl (C=O) groups is 1. The summed E-state index contributed by atoms with van der Waals surface area (Å²) < 4.78 is 0. The number of carbonyl (C=O) groups excluding carboxylic acids is 1. The van der Waals surface area contributed by atoms with Crippen LogP contribution in [0.3, 0.4) is 0 Å². The van der Waals surface area contributed by atoms with Crippen LogP contribution in [0.25, 0.3) is 0 Å². The highest BCUT2D eigenvalue weighted by Gasteiger charge is 2.35. The molecule has 0 saturated carbocycles. The van der Waals surface area contributed by atoms with Crippen LogP contribution in [-0.2, 0) is 11.2 Å². The van der Waals surface area contributed by atoms with Crippen LogP contribution >= 0.6 is 11.6 Å². The molecule has 1 atom stereocenters. The maximum Gasteiger partial charge on any atom is 0.284 e. The van der Waals surface area contributed by atoms with Gasteiger partial charge in [0.25, 0.3) is 5.91 Å². The summed E-state index contributed by atoms with van der Waals surface area (Å²) in [6.45, 7) is 8.85. The molecular weight excluding hydrogens is 358 g/mol. The van der Waals surface area contributed by atoms with Crippen molar-refractivity contribution in [1.82, 2.24) is 0 Å². The predicted molar refractivity (Wildman–Crippen MR) is 111 cm³/mol. The van der Waals surface area contributed by atoms with E-state index >= 15 is 0 Å². The van der Waals surface area contributed by atoms with E-state index in [0.717, 1.165) is 49.9 Å². The molecule has 2 heterocycles. The minimum Gasteiger partial charge on any atom is -0.360 e. The lowest BCUT2D eigenvalue weighted by Gasteiger charge is -2.37. The second kappa shape index (κ2) is 7.53. The van der Waals surface area contributed by atoms with Gasteiger partial charge in [-0.15, -0.1) is 0 Å². The van der Waals surface area contributed by atoms with Crippen molar-refractivity contribution in [2.75, 3.05) is 42.5 Å². The first-order valence-electron chi connectivity index (χ1n) is 9.79. The maximum absolute atomic E-state index is 13.1. The Hall–Kier alpha value is -2.04. The summed E-state index contributed by atoms with van der Waals surface area (Å²) in [7, 11) is 0. The first-order chi connectivity index (χ1) is 13.0. The third-order valence-electron chi connectivity index (χ3n) is 6.05. The Kier molecular flexibility index (Phi) is 5.11. The Labute approximate surface area is 166 Å². The minimum absolute atomic E-state index is 0.0150. The molecule has 1 saturated heterocycles. The molecule has 5 heteroatoms. The van der Waals surface area contributed by atoms with E-state index in [1.807, 2.05) is 17.0 Å². The molecule has 1 fully saturated rings. The third kappa shape index (κ3) is 3.56. The highest BCUT2D eigenvalue weighted by atomic mass is 35.5. The first-order valence-corrected chi connectivity index (χ1v) is 10.2. The molecule has 142 valence electrons. The van der Waals surface area contributed by atoms with E-state index < -0.39 is 0 Å². The fourth-order valence-corrected chi connectivity index (χ4v) is 4.53. The lowest BCUT2D eigenvalue weighted by atomic mass is 10.1. The van der Waals surface area contributed by atoms with Gasteiger partial charge in [-0.05, 0) is 49.6 Å². The van der Waals surface area contributed by atoms with Crippen molar-refractivity contribution in [2.24, 2.45) is 0 Å². The number of hydrogen-bond acceptors (Lipinski definition) is 2. The van der Waals surface area contributed by atoms with E-state index in [0.29, 0.717) is 0 Å². The third-order valence-corrected chi connectivity index (χ3v) is 6.29. The van der Waals surface area contributed by atoms with E-state index in [9.17, 15) is 4.79 Å².